The van der Waals surface area contributed by atoms with Gasteiger partial charge in [0.2, 0.25) is 0 Å². The summed E-state index contributed by atoms with van der Waals surface area (Å²) in [5.41, 5.74) is 4.14. The number of hydrogen-bond donors (Lipinski definition) is 0. The molecule has 31 heavy (non-hydrogen) atoms. The van der Waals surface area contributed by atoms with Gasteiger partial charge in [0.05, 0.1) is 0 Å². The lowest BCUT2D eigenvalue weighted by Crippen LogP contribution is -2.12. The van der Waals surface area contributed by atoms with E-state index in [9.17, 15) is 0 Å². The van der Waals surface area contributed by atoms with Gasteiger partial charge in [0.25, 0.3) is 0 Å². The number of aromatic nitrogens is 3. The first-order valence-corrected chi connectivity index (χ1v) is 12.1. The molecule has 0 unspecified atom stereocenters. The molecule has 166 valence electrons. The summed E-state index contributed by atoms with van der Waals surface area (Å²) in [6, 6.07) is 17.2. The summed E-state index contributed by atoms with van der Waals surface area (Å²) in [7, 11) is 0. The van der Waals surface area contributed by atoms with E-state index in [2.05, 4.69) is 92.7 Å². The number of aryl methyl sites for hydroxylation is 1. The Morgan fingerprint density at radius 2 is 1.58 bits per heavy atom. The van der Waals surface area contributed by atoms with Gasteiger partial charge in [-0.05, 0) is 46.6 Å². The predicted octanol–water partition coefficient (Wildman–Crippen LogP) is 6.67. The van der Waals surface area contributed by atoms with Crippen LogP contribution in [-0.2, 0) is 30.7 Å². The van der Waals surface area contributed by atoms with Gasteiger partial charge in [-0.15, -0.1) is 10.2 Å². The van der Waals surface area contributed by atoms with E-state index in [0.717, 1.165) is 35.4 Å². The molecule has 0 N–H and O–H groups in total. The molecule has 0 saturated heterocycles. The van der Waals surface area contributed by atoms with Crippen LogP contribution in [0.3, 0.4) is 0 Å². The Labute approximate surface area is 191 Å². The summed E-state index contributed by atoms with van der Waals surface area (Å²) >= 11 is 1.74. The molecule has 1 aromatic heterocycles. The lowest BCUT2D eigenvalue weighted by molar-refractivity contribution is 0.284. The van der Waals surface area contributed by atoms with E-state index in [-0.39, 0.29) is 5.41 Å². The molecule has 2 aromatic carbocycles. The van der Waals surface area contributed by atoms with Crippen LogP contribution in [-0.4, -0.2) is 14.8 Å². The van der Waals surface area contributed by atoms with Gasteiger partial charge in [-0.1, -0.05) is 89.7 Å². The van der Waals surface area contributed by atoms with Gasteiger partial charge in [-0.25, -0.2) is 0 Å². The highest BCUT2D eigenvalue weighted by Gasteiger charge is 2.16. The fourth-order valence-electron chi connectivity index (χ4n) is 3.30. The normalized spacial score (nSPS) is 11.8. The third-order valence-electron chi connectivity index (χ3n) is 5.23. The molecule has 3 aromatic rings. The summed E-state index contributed by atoms with van der Waals surface area (Å²) in [6.45, 7) is 14.6. The van der Waals surface area contributed by atoms with Gasteiger partial charge in [0.1, 0.15) is 12.4 Å². The zero-order valence-electron chi connectivity index (χ0n) is 19.7. The molecule has 1 heterocycles. The summed E-state index contributed by atoms with van der Waals surface area (Å²) in [4.78, 5) is 0. The number of hydrogen-bond acceptors (Lipinski definition) is 4. The van der Waals surface area contributed by atoms with E-state index in [4.69, 9.17) is 4.74 Å². The molecule has 0 amide bonds. The lowest BCUT2D eigenvalue weighted by atomic mass is 9.87. The fourth-order valence-corrected chi connectivity index (χ4v) is 4.22. The maximum atomic E-state index is 6.00. The Balaban J connectivity index is 1.68. The summed E-state index contributed by atoms with van der Waals surface area (Å²) in [6.07, 6.45) is 1.03. The molecule has 0 bridgehead atoms. The van der Waals surface area contributed by atoms with Gasteiger partial charge in [-0.2, -0.15) is 0 Å². The van der Waals surface area contributed by atoms with Crippen molar-refractivity contribution in [3.63, 3.8) is 0 Å². The van der Waals surface area contributed by atoms with Crippen LogP contribution in [0.4, 0.5) is 0 Å². The predicted molar refractivity (Wildman–Crippen MR) is 130 cm³/mol. The maximum absolute atomic E-state index is 6.00. The lowest BCUT2D eigenvalue weighted by Gasteiger charge is -2.19. The Morgan fingerprint density at radius 3 is 2.16 bits per heavy atom. The second kappa shape index (κ2) is 10.4. The van der Waals surface area contributed by atoms with Gasteiger partial charge in [0.15, 0.2) is 11.0 Å². The van der Waals surface area contributed by atoms with Crippen molar-refractivity contribution in [3.8, 4) is 5.75 Å². The van der Waals surface area contributed by atoms with E-state index >= 15 is 0 Å². The van der Waals surface area contributed by atoms with E-state index < -0.39 is 0 Å². The highest BCUT2D eigenvalue weighted by Crippen LogP contribution is 2.26. The van der Waals surface area contributed by atoms with Crippen molar-refractivity contribution in [2.24, 2.45) is 5.92 Å². The van der Waals surface area contributed by atoms with Crippen LogP contribution in [0.1, 0.15) is 64.1 Å². The van der Waals surface area contributed by atoms with Crippen LogP contribution in [0.25, 0.3) is 0 Å². The van der Waals surface area contributed by atoms with E-state index in [1.165, 1.54) is 16.7 Å². The molecule has 5 heteroatoms. The van der Waals surface area contributed by atoms with E-state index in [1.807, 2.05) is 12.1 Å². The SMILES string of the molecule is CCc1ccc(OCc2nnc(SCc3ccc(C(C)(C)C)cc3)n2CC(C)C)cc1. The van der Waals surface area contributed by atoms with Crippen LogP contribution in [0.5, 0.6) is 5.75 Å². The van der Waals surface area contributed by atoms with Crippen LogP contribution < -0.4 is 4.74 Å². The molecule has 3 rings (SSSR count). The Hall–Kier alpha value is -2.27. The van der Waals surface area contributed by atoms with Crippen LogP contribution in [0.2, 0.25) is 0 Å². The Morgan fingerprint density at radius 1 is 0.935 bits per heavy atom. The van der Waals surface area contributed by atoms with Gasteiger partial charge >= 0.3 is 0 Å². The number of thioether (sulfide) groups is 1. The summed E-state index contributed by atoms with van der Waals surface area (Å²) < 4.78 is 8.21. The van der Waals surface area contributed by atoms with Gasteiger partial charge in [-0.3, -0.25) is 0 Å². The molecular formula is C26H35N3OS. The summed E-state index contributed by atoms with van der Waals surface area (Å²) in [5, 5.41) is 9.87. The molecule has 0 aliphatic heterocycles. The zero-order valence-corrected chi connectivity index (χ0v) is 20.5. The minimum atomic E-state index is 0.175. The van der Waals surface area contributed by atoms with Gasteiger partial charge < -0.3 is 9.30 Å². The second-order valence-electron chi connectivity index (χ2n) is 9.43. The third-order valence-corrected chi connectivity index (χ3v) is 6.27. The highest BCUT2D eigenvalue weighted by atomic mass is 32.2. The largest absolute Gasteiger partial charge is 0.486 e. The van der Waals surface area contributed by atoms with Crippen molar-refractivity contribution < 1.29 is 4.74 Å². The molecule has 4 nitrogen and oxygen atoms in total. The van der Waals surface area contributed by atoms with Gasteiger partial charge in [0, 0.05) is 12.3 Å². The molecular weight excluding hydrogens is 402 g/mol. The average molecular weight is 438 g/mol. The molecule has 0 spiro atoms. The van der Waals surface area contributed by atoms with Crippen molar-refractivity contribution in [3.05, 3.63) is 71.0 Å². The Bertz CT molecular complexity index is 954. The third kappa shape index (κ3) is 6.60. The first-order valence-electron chi connectivity index (χ1n) is 11.1. The van der Waals surface area contributed by atoms with E-state index in [0.29, 0.717) is 12.5 Å². The topological polar surface area (TPSA) is 39.9 Å². The first-order chi connectivity index (χ1) is 14.8. The molecule has 0 radical (unpaired) electrons. The van der Waals surface area contributed by atoms with E-state index in [1.54, 1.807) is 11.8 Å². The monoisotopic (exact) mass is 437 g/mol. The molecule has 0 aliphatic rings. The van der Waals surface area contributed by atoms with Crippen molar-refractivity contribution in [2.75, 3.05) is 0 Å². The zero-order chi connectivity index (χ0) is 22.4. The average Bonchev–Trinajstić information content (AvgIpc) is 3.11. The van der Waals surface area contributed by atoms with Crippen molar-refractivity contribution in [1.29, 1.82) is 0 Å². The first kappa shape index (κ1) is 23.4. The molecule has 0 saturated carbocycles. The number of rotatable bonds is 9. The number of ether oxygens (including phenoxy) is 1. The maximum Gasteiger partial charge on any atom is 0.191 e. The van der Waals surface area contributed by atoms with Crippen molar-refractivity contribution in [1.82, 2.24) is 14.8 Å². The standard InChI is InChI=1S/C26H35N3OS/c1-7-20-10-14-23(15-11-20)30-17-24-27-28-25(29(24)16-19(2)3)31-18-21-8-12-22(13-9-21)26(4,5)6/h8-15,19H,7,16-18H2,1-6H3. The van der Waals surface area contributed by atoms with Crippen molar-refractivity contribution in [2.45, 2.75) is 77.4 Å². The molecule has 0 atom stereocenters. The number of nitrogens with zero attached hydrogens (tertiary/aromatic N) is 3. The van der Waals surface area contributed by atoms with Crippen LogP contribution in [0.15, 0.2) is 53.7 Å². The highest BCUT2D eigenvalue weighted by molar-refractivity contribution is 7.98. The van der Waals surface area contributed by atoms with Crippen LogP contribution in [0, 0.1) is 5.92 Å². The molecule has 0 aliphatic carbocycles. The fraction of sp³-hybridized carbons (Fsp3) is 0.462. The Kier molecular flexibility index (Phi) is 7.82. The minimum absolute atomic E-state index is 0.175. The molecule has 0 fully saturated rings. The quantitative estimate of drug-likeness (QED) is 0.351. The smallest absolute Gasteiger partial charge is 0.191 e. The minimum Gasteiger partial charge on any atom is -0.486 e. The number of benzene rings is 2. The van der Waals surface area contributed by atoms with Crippen molar-refractivity contribution >= 4 is 11.8 Å². The van der Waals surface area contributed by atoms with Crippen LogP contribution >= 0.6 is 11.8 Å². The second-order valence-corrected chi connectivity index (χ2v) is 10.4. The summed E-state index contributed by atoms with van der Waals surface area (Å²) in [5.74, 6) is 3.12.